The number of rotatable bonds is 6. The largest absolute Gasteiger partial charge is 0.491 e. The molecule has 0 aromatic heterocycles. The zero-order valence-electron chi connectivity index (χ0n) is 15.7. The summed E-state index contributed by atoms with van der Waals surface area (Å²) in [6.07, 6.45) is 4.03. The minimum absolute atomic E-state index is 0.0840. The van der Waals surface area contributed by atoms with Crippen molar-refractivity contribution in [3.05, 3.63) is 59.7 Å². The van der Waals surface area contributed by atoms with Gasteiger partial charge in [0.25, 0.3) is 5.91 Å². The van der Waals surface area contributed by atoms with Crippen molar-refractivity contribution in [2.24, 2.45) is 0 Å². The molecule has 0 atom stereocenters. The van der Waals surface area contributed by atoms with Crippen molar-refractivity contribution in [1.82, 2.24) is 4.90 Å². The quantitative estimate of drug-likeness (QED) is 0.818. The second kappa shape index (κ2) is 8.86. The fourth-order valence-corrected chi connectivity index (χ4v) is 3.26. The number of ether oxygens (including phenoxy) is 1. The number of hydrogen-bond donors (Lipinski definition) is 1. The second-order valence-electron chi connectivity index (χ2n) is 7.18. The van der Waals surface area contributed by atoms with Gasteiger partial charge in [0.2, 0.25) is 0 Å². The number of anilines is 1. The van der Waals surface area contributed by atoms with Crippen LogP contribution >= 0.6 is 0 Å². The molecule has 4 heteroatoms. The van der Waals surface area contributed by atoms with Gasteiger partial charge in [0.15, 0.2) is 0 Å². The molecule has 3 rings (SSSR count). The number of likely N-dealkylation sites (tertiary alicyclic amines) is 1. The van der Waals surface area contributed by atoms with Crippen LogP contribution in [0.25, 0.3) is 0 Å². The molecule has 1 saturated heterocycles. The number of nitrogens with one attached hydrogen (secondary N) is 1. The maximum Gasteiger partial charge on any atom is 0.255 e. The lowest BCUT2D eigenvalue weighted by molar-refractivity contribution is 0.102. The summed E-state index contributed by atoms with van der Waals surface area (Å²) in [6, 6.07) is 15.4. The first-order valence-electron chi connectivity index (χ1n) is 9.49. The van der Waals surface area contributed by atoms with Crippen LogP contribution in [0.5, 0.6) is 5.75 Å². The van der Waals surface area contributed by atoms with Crippen molar-refractivity contribution < 1.29 is 9.53 Å². The highest BCUT2D eigenvalue weighted by Crippen LogP contribution is 2.18. The Kier molecular flexibility index (Phi) is 6.29. The lowest BCUT2D eigenvalue weighted by Gasteiger charge is -2.26. The summed E-state index contributed by atoms with van der Waals surface area (Å²) in [5.41, 5.74) is 2.70. The van der Waals surface area contributed by atoms with Crippen LogP contribution in [0.4, 0.5) is 5.69 Å². The van der Waals surface area contributed by atoms with Gasteiger partial charge in [0.1, 0.15) is 5.75 Å². The summed E-state index contributed by atoms with van der Waals surface area (Å²) in [6.45, 7) is 7.31. The second-order valence-corrected chi connectivity index (χ2v) is 7.18. The molecule has 1 aliphatic heterocycles. The van der Waals surface area contributed by atoms with Gasteiger partial charge < -0.3 is 10.1 Å². The highest BCUT2D eigenvalue weighted by molar-refractivity contribution is 6.04. The van der Waals surface area contributed by atoms with E-state index in [-0.39, 0.29) is 12.0 Å². The Morgan fingerprint density at radius 3 is 2.50 bits per heavy atom. The zero-order chi connectivity index (χ0) is 18.4. The number of hydrogen-bond acceptors (Lipinski definition) is 3. The highest BCUT2D eigenvalue weighted by atomic mass is 16.5. The van der Waals surface area contributed by atoms with E-state index in [2.05, 4.69) is 22.3 Å². The lowest BCUT2D eigenvalue weighted by Crippen LogP contribution is -2.29. The van der Waals surface area contributed by atoms with Crippen LogP contribution in [0.15, 0.2) is 48.5 Å². The average molecular weight is 352 g/mol. The molecule has 0 bridgehead atoms. The van der Waals surface area contributed by atoms with Crippen LogP contribution in [0.3, 0.4) is 0 Å². The Labute approximate surface area is 156 Å². The normalized spacial score (nSPS) is 15.0. The van der Waals surface area contributed by atoms with Gasteiger partial charge in [-0.2, -0.15) is 0 Å². The Morgan fingerprint density at radius 2 is 1.81 bits per heavy atom. The van der Waals surface area contributed by atoms with Gasteiger partial charge in [0, 0.05) is 17.8 Å². The third-order valence-corrected chi connectivity index (χ3v) is 4.53. The van der Waals surface area contributed by atoms with E-state index in [1.54, 1.807) is 12.1 Å². The zero-order valence-corrected chi connectivity index (χ0v) is 15.7. The van der Waals surface area contributed by atoms with Gasteiger partial charge in [-0.25, -0.2) is 0 Å². The van der Waals surface area contributed by atoms with Gasteiger partial charge in [0.05, 0.1) is 6.10 Å². The van der Waals surface area contributed by atoms with Crippen molar-refractivity contribution in [3.8, 4) is 5.75 Å². The molecule has 138 valence electrons. The van der Waals surface area contributed by atoms with Crippen LogP contribution in [0, 0.1) is 0 Å². The molecule has 0 aliphatic carbocycles. The summed E-state index contributed by atoms with van der Waals surface area (Å²) < 4.78 is 5.66. The Bertz CT molecular complexity index is 719. The standard InChI is InChI=1S/C22H28N2O2/c1-17(2)26-21-8-6-7-19(15-21)22(25)23-20-11-9-18(10-12-20)16-24-13-4-3-5-14-24/h6-12,15,17H,3-5,13-14,16H2,1-2H3,(H,23,25). The molecule has 1 amide bonds. The number of benzene rings is 2. The highest BCUT2D eigenvalue weighted by Gasteiger charge is 2.11. The van der Waals surface area contributed by atoms with Crippen molar-refractivity contribution in [2.75, 3.05) is 18.4 Å². The fraction of sp³-hybridized carbons (Fsp3) is 0.409. The van der Waals surface area contributed by atoms with Crippen LogP contribution in [-0.2, 0) is 6.54 Å². The Morgan fingerprint density at radius 1 is 1.08 bits per heavy atom. The SMILES string of the molecule is CC(C)Oc1cccc(C(=O)Nc2ccc(CN3CCCCC3)cc2)c1. The third kappa shape index (κ3) is 5.33. The van der Waals surface area contributed by atoms with E-state index in [0.29, 0.717) is 11.3 Å². The molecule has 1 aliphatic rings. The van der Waals surface area contributed by atoms with E-state index in [4.69, 9.17) is 4.74 Å². The molecule has 0 unspecified atom stereocenters. The topological polar surface area (TPSA) is 41.6 Å². The van der Waals surface area contributed by atoms with Crippen LogP contribution < -0.4 is 10.1 Å². The molecule has 0 spiro atoms. The Hall–Kier alpha value is -2.33. The molecule has 1 fully saturated rings. The fourth-order valence-electron chi connectivity index (χ4n) is 3.26. The van der Waals surface area contributed by atoms with Gasteiger partial charge in [-0.15, -0.1) is 0 Å². The minimum Gasteiger partial charge on any atom is -0.491 e. The van der Waals surface area contributed by atoms with Crippen molar-refractivity contribution >= 4 is 11.6 Å². The minimum atomic E-state index is -0.122. The summed E-state index contributed by atoms with van der Waals surface area (Å²) >= 11 is 0. The van der Waals surface area contributed by atoms with Crippen molar-refractivity contribution in [1.29, 1.82) is 0 Å². The van der Waals surface area contributed by atoms with Crippen molar-refractivity contribution in [3.63, 3.8) is 0 Å². The lowest BCUT2D eigenvalue weighted by atomic mass is 10.1. The first-order valence-corrected chi connectivity index (χ1v) is 9.49. The summed E-state index contributed by atoms with van der Waals surface area (Å²) in [5, 5.41) is 2.96. The van der Waals surface area contributed by atoms with Crippen LogP contribution in [0.2, 0.25) is 0 Å². The maximum absolute atomic E-state index is 12.5. The molecule has 1 heterocycles. The number of carbonyl (C=O) groups is 1. The predicted octanol–water partition coefficient (Wildman–Crippen LogP) is 4.71. The predicted molar refractivity (Wildman–Crippen MR) is 106 cm³/mol. The first-order chi connectivity index (χ1) is 12.6. The molecule has 0 saturated carbocycles. The van der Waals surface area contributed by atoms with E-state index in [1.807, 2.05) is 38.1 Å². The molecule has 26 heavy (non-hydrogen) atoms. The van der Waals surface area contributed by atoms with E-state index in [9.17, 15) is 4.79 Å². The van der Waals surface area contributed by atoms with E-state index >= 15 is 0 Å². The third-order valence-electron chi connectivity index (χ3n) is 4.53. The number of amides is 1. The summed E-state index contributed by atoms with van der Waals surface area (Å²) in [4.78, 5) is 15.0. The molecule has 2 aromatic carbocycles. The maximum atomic E-state index is 12.5. The Balaban J connectivity index is 1.59. The molecule has 1 N–H and O–H groups in total. The molecular weight excluding hydrogens is 324 g/mol. The van der Waals surface area contributed by atoms with Gasteiger partial charge in [-0.3, -0.25) is 9.69 Å². The number of piperidine rings is 1. The van der Waals surface area contributed by atoms with E-state index < -0.39 is 0 Å². The summed E-state index contributed by atoms with van der Waals surface area (Å²) in [5.74, 6) is 0.590. The van der Waals surface area contributed by atoms with E-state index in [1.165, 1.54) is 37.9 Å². The number of nitrogens with zero attached hydrogens (tertiary/aromatic N) is 1. The molecule has 2 aromatic rings. The van der Waals surface area contributed by atoms with Gasteiger partial charge in [-0.1, -0.05) is 24.6 Å². The van der Waals surface area contributed by atoms with Crippen LogP contribution in [0.1, 0.15) is 49.0 Å². The summed E-state index contributed by atoms with van der Waals surface area (Å²) in [7, 11) is 0. The first kappa shape index (κ1) is 18.5. The van der Waals surface area contributed by atoms with Crippen molar-refractivity contribution in [2.45, 2.75) is 45.8 Å². The molecular formula is C22H28N2O2. The monoisotopic (exact) mass is 352 g/mol. The smallest absolute Gasteiger partial charge is 0.255 e. The van der Waals surface area contributed by atoms with Gasteiger partial charge >= 0.3 is 0 Å². The molecule has 0 radical (unpaired) electrons. The van der Waals surface area contributed by atoms with E-state index in [0.717, 1.165) is 12.2 Å². The molecule has 4 nitrogen and oxygen atoms in total. The average Bonchev–Trinajstić information content (AvgIpc) is 2.64. The van der Waals surface area contributed by atoms with Crippen LogP contribution in [-0.4, -0.2) is 30.0 Å². The number of carbonyl (C=O) groups excluding carboxylic acids is 1. The van der Waals surface area contributed by atoms with Gasteiger partial charge in [-0.05, 0) is 75.7 Å².